The zero-order valence-corrected chi connectivity index (χ0v) is 18.5. The Morgan fingerprint density at radius 3 is 2.60 bits per heavy atom. The molecule has 1 saturated heterocycles. The van der Waals surface area contributed by atoms with Gasteiger partial charge in [0, 0.05) is 37.1 Å². The van der Waals surface area contributed by atoms with E-state index in [9.17, 15) is 13.2 Å². The van der Waals surface area contributed by atoms with Crippen LogP contribution in [0.25, 0.3) is 0 Å². The van der Waals surface area contributed by atoms with Crippen LogP contribution in [0, 0.1) is 6.92 Å². The number of hydrogen-bond acceptors (Lipinski definition) is 6. The predicted molar refractivity (Wildman–Crippen MR) is 112 cm³/mol. The first-order valence-electron chi connectivity index (χ1n) is 9.52. The fourth-order valence-electron chi connectivity index (χ4n) is 3.49. The van der Waals surface area contributed by atoms with Crippen molar-refractivity contribution in [2.24, 2.45) is 0 Å². The average Bonchev–Trinajstić information content (AvgIpc) is 3.10. The van der Waals surface area contributed by atoms with Gasteiger partial charge in [0.2, 0.25) is 5.91 Å². The largest absolute Gasteiger partial charge is 0.493 e. The van der Waals surface area contributed by atoms with Crippen LogP contribution >= 0.6 is 0 Å². The molecule has 164 valence electrons. The molecule has 1 aliphatic heterocycles. The van der Waals surface area contributed by atoms with Crippen molar-refractivity contribution < 1.29 is 22.7 Å². The molecule has 1 aromatic carbocycles. The minimum Gasteiger partial charge on any atom is -0.493 e. The third kappa shape index (κ3) is 4.27. The zero-order chi connectivity index (χ0) is 22.1. The Labute approximate surface area is 176 Å². The number of carbonyl (C=O) groups is 1. The molecule has 11 heteroatoms. The average molecular weight is 438 g/mol. The van der Waals surface area contributed by atoms with Gasteiger partial charge in [0.1, 0.15) is 6.04 Å². The molecule has 2 heterocycles. The maximum atomic E-state index is 13.0. The van der Waals surface area contributed by atoms with E-state index in [1.165, 1.54) is 21.3 Å². The van der Waals surface area contributed by atoms with Crippen LogP contribution in [0.2, 0.25) is 0 Å². The first-order chi connectivity index (χ1) is 14.2. The topological polar surface area (TPSA) is 115 Å². The van der Waals surface area contributed by atoms with Gasteiger partial charge in [-0.2, -0.15) is 22.5 Å². The summed E-state index contributed by atoms with van der Waals surface area (Å²) in [5.74, 6) is 0.558. The first-order valence-corrected chi connectivity index (χ1v) is 11.0. The Kier molecular flexibility index (Phi) is 6.34. The minimum atomic E-state index is -3.84. The van der Waals surface area contributed by atoms with Crippen molar-refractivity contribution in [2.75, 3.05) is 26.6 Å². The standard InChI is InChI=1S/C19H27N5O5S/c1-6-24-11-14(12(2)21-24)15-10-16(23(3)30(26,27)22-15)19(25)20-13-7-8-17(28-4)18(9-13)29-5/h7-9,11,15-16,22H,6,10H2,1-5H3,(H,20,25)/t15-,16+/m0/s1. The van der Waals surface area contributed by atoms with Crippen LogP contribution in [-0.2, 0) is 21.5 Å². The molecule has 2 N–H and O–H groups in total. The normalized spacial score (nSPS) is 21.2. The van der Waals surface area contributed by atoms with E-state index in [1.54, 1.807) is 22.9 Å². The molecule has 3 rings (SSSR count). The molecule has 1 aromatic heterocycles. The molecular weight excluding hydrogens is 410 g/mol. The van der Waals surface area contributed by atoms with Gasteiger partial charge < -0.3 is 14.8 Å². The summed E-state index contributed by atoms with van der Waals surface area (Å²) in [7, 11) is 0.568. The zero-order valence-electron chi connectivity index (χ0n) is 17.7. The van der Waals surface area contributed by atoms with Gasteiger partial charge in [-0.3, -0.25) is 9.48 Å². The number of ether oxygens (including phenoxy) is 2. The van der Waals surface area contributed by atoms with E-state index in [2.05, 4.69) is 15.1 Å². The maximum absolute atomic E-state index is 13.0. The number of likely N-dealkylation sites (N-methyl/N-ethyl adjacent to an activating group) is 1. The van der Waals surface area contributed by atoms with E-state index in [-0.39, 0.29) is 6.42 Å². The van der Waals surface area contributed by atoms with Crippen molar-refractivity contribution in [2.45, 2.75) is 38.9 Å². The number of methoxy groups -OCH3 is 2. The molecule has 1 amide bonds. The highest BCUT2D eigenvalue weighted by Crippen LogP contribution is 2.32. The number of rotatable bonds is 6. The molecule has 0 bridgehead atoms. The molecule has 2 atom stereocenters. The Morgan fingerprint density at radius 2 is 2.00 bits per heavy atom. The molecule has 30 heavy (non-hydrogen) atoms. The number of hydrogen-bond donors (Lipinski definition) is 2. The van der Waals surface area contributed by atoms with E-state index in [0.717, 1.165) is 15.6 Å². The van der Waals surface area contributed by atoms with Gasteiger partial charge in [-0.25, -0.2) is 0 Å². The monoisotopic (exact) mass is 437 g/mol. The number of nitrogens with zero attached hydrogens (tertiary/aromatic N) is 3. The summed E-state index contributed by atoms with van der Waals surface area (Å²) in [5, 5.41) is 7.17. The number of benzene rings is 1. The Hall–Kier alpha value is -2.63. The van der Waals surface area contributed by atoms with E-state index >= 15 is 0 Å². The molecule has 0 spiro atoms. The lowest BCUT2D eigenvalue weighted by molar-refractivity contribution is -0.120. The lowest BCUT2D eigenvalue weighted by Crippen LogP contribution is -2.56. The van der Waals surface area contributed by atoms with Crippen LogP contribution in [0.3, 0.4) is 0 Å². The van der Waals surface area contributed by atoms with Gasteiger partial charge in [0.25, 0.3) is 10.2 Å². The van der Waals surface area contributed by atoms with Crippen molar-refractivity contribution in [1.82, 2.24) is 18.8 Å². The molecule has 10 nitrogen and oxygen atoms in total. The first kappa shape index (κ1) is 22.1. The lowest BCUT2D eigenvalue weighted by atomic mass is 10.00. The van der Waals surface area contributed by atoms with Crippen molar-refractivity contribution in [3.63, 3.8) is 0 Å². The lowest BCUT2D eigenvalue weighted by Gasteiger charge is -2.36. The maximum Gasteiger partial charge on any atom is 0.280 e. The summed E-state index contributed by atoms with van der Waals surface area (Å²) in [4.78, 5) is 13.0. The summed E-state index contributed by atoms with van der Waals surface area (Å²) in [5.41, 5.74) is 1.97. The summed E-state index contributed by atoms with van der Waals surface area (Å²) < 4.78 is 41.3. The van der Waals surface area contributed by atoms with Crippen molar-refractivity contribution in [3.8, 4) is 11.5 Å². The molecule has 0 radical (unpaired) electrons. The van der Waals surface area contributed by atoms with Gasteiger partial charge in [-0.15, -0.1) is 0 Å². The van der Waals surface area contributed by atoms with Crippen LogP contribution in [0.5, 0.6) is 11.5 Å². The van der Waals surface area contributed by atoms with E-state index in [4.69, 9.17) is 9.47 Å². The van der Waals surface area contributed by atoms with Crippen LogP contribution in [0.4, 0.5) is 5.69 Å². The molecule has 0 aliphatic carbocycles. The number of anilines is 1. The van der Waals surface area contributed by atoms with E-state index in [1.807, 2.05) is 20.0 Å². The highest BCUT2D eigenvalue weighted by Gasteiger charge is 2.41. The second-order valence-corrected chi connectivity index (χ2v) is 8.79. The van der Waals surface area contributed by atoms with E-state index in [0.29, 0.717) is 23.7 Å². The number of nitrogens with one attached hydrogen (secondary N) is 2. The van der Waals surface area contributed by atoms with Crippen LogP contribution in [0.1, 0.15) is 30.6 Å². The van der Waals surface area contributed by atoms with Crippen molar-refractivity contribution in [1.29, 1.82) is 0 Å². The summed E-state index contributed by atoms with van der Waals surface area (Å²) in [6.07, 6.45) is 2.09. The van der Waals surface area contributed by atoms with Gasteiger partial charge in [0.05, 0.1) is 26.0 Å². The Balaban J connectivity index is 1.85. The van der Waals surface area contributed by atoms with Crippen LogP contribution in [0.15, 0.2) is 24.4 Å². The number of aromatic nitrogens is 2. The molecule has 1 fully saturated rings. The van der Waals surface area contributed by atoms with Crippen LogP contribution < -0.4 is 19.5 Å². The van der Waals surface area contributed by atoms with Gasteiger partial charge in [-0.05, 0) is 32.4 Å². The highest BCUT2D eigenvalue weighted by atomic mass is 32.2. The third-order valence-electron chi connectivity index (χ3n) is 5.21. The predicted octanol–water partition coefficient (Wildman–Crippen LogP) is 1.45. The van der Waals surface area contributed by atoms with Gasteiger partial charge in [0.15, 0.2) is 11.5 Å². The summed E-state index contributed by atoms with van der Waals surface area (Å²) in [6, 6.07) is 3.52. The number of amides is 1. The smallest absolute Gasteiger partial charge is 0.280 e. The summed E-state index contributed by atoms with van der Waals surface area (Å²) >= 11 is 0. The quantitative estimate of drug-likeness (QED) is 0.707. The number of carbonyl (C=O) groups excluding carboxylic acids is 1. The second-order valence-electron chi connectivity index (χ2n) is 7.03. The third-order valence-corrected chi connectivity index (χ3v) is 6.80. The van der Waals surface area contributed by atoms with Crippen LogP contribution in [-0.4, -0.2) is 55.7 Å². The molecule has 2 aromatic rings. The Bertz CT molecular complexity index is 1040. The molecule has 0 unspecified atom stereocenters. The molecule has 1 aliphatic rings. The SMILES string of the molecule is CCn1cc([C@@H]2C[C@H](C(=O)Nc3ccc(OC)c(OC)c3)N(C)S(=O)(=O)N2)c(C)n1. The fourth-order valence-corrected chi connectivity index (χ4v) is 4.76. The highest BCUT2D eigenvalue weighted by molar-refractivity contribution is 7.87. The molecular formula is C19H27N5O5S. The fraction of sp³-hybridized carbons (Fsp3) is 0.474. The Morgan fingerprint density at radius 1 is 1.30 bits per heavy atom. The minimum absolute atomic E-state index is 0.269. The second kappa shape index (κ2) is 8.62. The number of aryl methyl sites for hydroxylation is 2. The van der Waals surface area contributed by atoms with Crippen molar-refractivity contribution >= 4 is 21.8 Å². The van der Waals surface area contributed by atoms with Crippen molar-refractivity contribution in [3.05, 3.63) is 35.7 Å². The van der Waals surface area contributed by atoms with Gasteiger partial charge in [-0.1, -0.05) is 0 Å². The summed E-state index contributed by atoms with van der Waals surface area (Å²) in [6.45, 7) is 4.45. The molecule has 0 saturated carbocycles. The van der Waals surface area contributed by atoms with Gasteiger partial charge >= 0.3 is 0 Å². The van der Waals surface area contributed by atoms with E-state index < -0.39 is 28.2 Å².